The Morgan fingerprint density at radius 3 is 2.50 bits per heavy atom. The molecule has 1 fully saturated rings. The molecule has 0 amide bonds. The van der Waals surface area contributed by atoms with Gasteiger partial charge >= 0.3 is 7.60 Å². The van der Waals surface area contributed by atoms with Crippen molar-refractivity contribution in [3.05, 3.63) is 0 Å². The minimum Gasteiger partial charge on any atom is -0.312 e. The maximum atomic E-state index is 12.3. The Morgan fingerprint density at radius 1 is 1.39 bits per heavy atom. The van der Waals surface area contributed by atoms with Crippen LogP contribution in [0.4, 0.5) is 0 Å². The molecule has 2 unspecified atom stereocenters. The molecule has 0 saturated heterocycles. The highest BCUT2D eigenvalue weighted by Crippen LogP contribution is 2.51. The molecule has 4 nitrogen and oxygen atoms in total. The van der Waals surface area contributed by atoms with E-state index in [4.69, 9.17) is 9.05 Å². The smallest absolute Gasteiger partial charge is 0.312 e. The van der Waals surface area contributed by atoms with E-state index in [1.807, 2.05) is 6.92 Å². The Labute approximate surface area is 110 Å². The zero-order valence-corrected chi connectivity index (χ0v) is 12.8. The topological polar surface area (TPSA) is 52.6 Å². The van der Waals surface area contributed by atoms with Gasteiger partial charge in [0.05, 0.1) is 0 Å². The molecule has 5 heteroatoms. The molecule has 1 saturated carbocycles. The van der Waals surface area contributed by atoms with Crippen LogP contribution < -0.4 is 0 Å². The van der Waals surface area contributed by atoms with E-state index in [0.29, 0.717) is 5.92 Å². The lowest BCUT2D eigenvalue weighted by atomic mass is 9.83. The van der Waals surface area contributed by atoms with Crippen LogP contribution in [0.1, 0.15) is 46.0 Å². The lowest BCUT2D eigenvalue weighted by molar-refractivity contribution is -0.125. The third kappa shape index (κ3) is 3.66. The first kappa shape index (κ1) is 15.9. The van der Waals surface area contributed by atoms with Crippen molar-refractivity contribution in [2.45, 2.75) is 46.0 Å². The molecule has 18 heavy (non-hydrogen) atoms. The average molecular weight is 276 g/mol. The lowest BCUT2D eigenvalue weighted by Gasteiger charge is -2.24. The highest BCUT2D eigenvalue weighted by atomic mass is 31.2. The zero-order valence-electron chi connectivity index (χ0n) is 11.9. The molecule has 0 aromatic rings. The van der Waals surface area contributed by atoms with E-state index in [1.165, 1.54) is 20.6 Å². The van der Waals surface area contributed by atoms with E-state index in [0.717, 1.165) is 25.7 Å². The molecule has 0 aromatic heterocycles. The van der Waals surface area contributed by atoms with Crippen LogP contribution in [0.15, 0.2) is 0 Å². The molecule has 1 aliphatic carbocycles. The molecule has 1 aliphatic rings. The summed E-state index contributed by atoms with van der Waals surface area (Å²) in [7, 11) is -0.561. The number of ketones is 1. The molecule has 1 rings (SSSR count). The van der Waals surface area contributed by atoms with Crippen LogP contribution in [0.5, 0.6) is 0 Å². The quantitative estimate of drug-likeness (QED) is 0.666. The Kier molecular flexibility index (Phi) is 5.57. The number of hydrogen-bond acceptors (Lipinski definition) is 4. The van der Waals surface area contributed by atoms with Gasteiger partial charge in [0.1, 0.15) is 6.16 Å². The molecule has 0 spiro atoms. The van der Waals surface area contributed by atoms with E-state index in [-0.39, 0.29) is 17.4 Å². The molecule has 0 radical (unpaired) electrons. The average Bonchev–Trinajstić information content (AvgIpc) is 2.73. The normalized spacial score (nSPS) is 28.6. The third-order valence-corrected chi connectivity index (χ3v) is 5.89. The van der Waals surface area contributed by atoms with E-state index in [9.17, 15) is 9.36 Å². The van der Waals surface area contributed by atoms with Crippen molar-refractivity contribution in [2.24, 2.45) is 11.3 Å². The maximum Gasteiger partial charge on any atom is 0.337 e. The monoisotopic (exact) mass is 276 g/mol. The van der Waals surface area contributed by atoms with Crippen molar-refractivity contribution in [1.29, 1.82) is 0 Å². The molecular weight excluding hydrogens is 251 g/mol. The van der Waals surface area contributed by atoms with Gasteiger partial charge in [0, 0.05) is 19.6 Å². The minimum atomic E-state index is -3.22. The van der Waals surface area contributed by atoms with Crippen LogP contribution in [0.3, 0.4) is 0 Å². The van der Waals surface area contributed by atoms with E-state index < -0.39 is 7.60 Å². The Bertz CT molecular complexity index is 334. The fourth-order valence-electron chi connectivity index (χ4n) is 2.84. The van der Waals surface area contributed by atoms with Gasteiger partial charge in [-0.15, -0.1) is 0 Å². The van der Waals surface area contributed by atoms with Crippen LogP contribution in [-0.2, 0) is 18.4 Å². The van der Waals surface area contributed by atoms with Crippen LogP contribution >= 0.6 is 7.60 Å². The summed E-state index contributed by atoms with van der Waals surface area (Å²) in [6.45, 7) is 4.15. The molecule has 0 N–H and O–H groups in total. The van der Waals surface area contributed by atoms with Gasteiger partial charge in [-0.2, -0.15) is 0 Å². The zero-order chi connectivity index (χ0) is 13.8. The second kappa shape index (κ2) is 6.31. The van der Waals surface area contributed by atoms with Crippen molar-refractivity contribution < 1.29 is 18.4 Å². The number of carbonyl (C=O) groups excluding carboxylic acids is 1. The van der Waals surface area contributed by atoms with Crippen LogP contribution in [0, 0.1) is 11.3 Å². The summed E-state index contributed by atoms with van der Waals surface area (Å²) >= 11 is 0. The second-order valence-electron chi connectivity index (χ2n) is 5.52. The molecule has 106 valence electrons. The summed E-state index contributed by atoms with van der Waals surface area (Å²) in [6.07, 6.45) is 5.13. The van der Waals surface area contributed by atoms with Gasteiger partial charge in [-0.05, 0) is 25.2 Å². The van der Waals surface area contributed by atoms with Gasteiger partial charge in [-0.25, -0.2) is 0 Å². The Morgan fingerprint density at radius 2 is 2.00 bits per heavy atom. The Balaban J connectivity index is 2.64. The van der Waals surface area contributed by atoms with Crippen LogP contribution in [0.25, 0.3) is 0 Å². The number of rotatable bonds is 7. The summed E-state index contributed by atoms with van der Waals surface area (Å²) < 4.78 is 21.7. The third-order valence-electron chi connectivity index (χ3n) is 4.11. The highest BCUT2D eigenvalue weighted by molar-refractivity contribution is 7.54. The van der Waals surface area contributed by atoms with Gasteiger partial charge in [0.25, 0.3) is 0 Å². The Hall–Kier alpha value is -0.180. The van der Waals surface area contributed by atoms with E-state index in [1.54, 1.807) is 0 Å². The molecule has 0 aliphatic heterocycles. The minimum absolute atomic E-state index is 0.0214. The summed E-state index contributed by atoms with van der Waals surface area (Å²) in [4.78, 5) is 12.3. The maximum absolute atomic E-state index is 12.3. The SMILES string of the molecule is CCCC1CCC(C)(C(=O)CP(=O)(OC)OC)C1. The number of carbonyl (C=O) groups is 1. The van der Waals surface area contributed by atoms with Gasteiger partial charge in [-0.1, -0.05) is 26.7 Å². The van der Waals surface area contributed by atoms with Crippen molar-refractivity contribution in [1.82, 2.24) is 0 Å². The molecule has 2 atom stereocenters. The summed E-state index contributed by atoms with van der Waals surface area (Å²) in [5.74, 6) is 0.654. The fraction of sp³-hybridized carbons (Fsp3) is 0.923. The molecule has 0 aromatic carbocycles. The summed E-state index contributed by atoms with van der Waals surface area (Å²) in [5.41, 5.74) is -0.341. The molecule has 0 heterocycles. The first-order chi connectivity index (χ1) is 8.39. The largest absolute Gasteiger partial charge is 0.337 e. The second-order valence-corrected chi connectivity index (χ2v) is 7.78. The van der Waals surface area contributed by atoms with Crippen LogP contribution in [0.2, 0.25) is 0 Å². The van der Waals surface area contributed by atoms with Gasteiger partial charge in [0.2, 0.25) is 0 Å². The highest BCUT2D eigenvalue weighted by Gasteiger charge is 2.43. The summed E-state index contributed by atoms with van der Waals surface area (Å²) in [6, 6.07) is 0. The first-order valence-electron chi connectivity index (χ1n) is 6.63. The molecule has 0 bridgehead atoms. The fourth-order valence-corrected chi connectivity index (χ4v) is 3.98. The van der Waals surface area contributed by atoms with Crippen molar-refractivity contribution in [3.8, 4) is 0 Å². The first-order valence-corrected chi connectivity index (χ1v) is 8.35. The van der Waals surface area contributed by atoms with Crippen LogP contribution in [-0.4, -0.2) is 26.2 Å². The summed E-state index contributed by atoms with van der Waals surface area (Å²) in [5, 5.41) is 0. The van der Waals surface area contributed by atoms with Crippen molar-refractivity contribution in [3.63, 3.8) is 0 Å². The van der Waals surface area contributed by atoms with Gasteiger partial charge in [-0.3, -0.25) is 9.36 Å². The van der Waals surface area contributed by atoms with Gasteiger partial charge in [0.15, 0.2) is 5.78 Å². The van der Waals surface area contributed by atoms with E-state index >= 15 is 0 Å². The number of hydrogen-bond donors (Lipinski definition) is 0. The molecular formula is C13H25O4P. The van der Waals surface area contributed by atoms with Crippen molar-refractivity contribution in [2.75, 3.05) is 20.4 Å². The van der Waals surface area contributed by atoms with Gasteiger partial charge < -0.3 is 9.05 Å². The van der Waals surface area contributed by atoms with E-state index in [2.05, 4.69) is 6.92 Å². The predicted molar refractivity (Wildman–Crippen MR) is 71.9 cm³/mol. The number of Topliss-reactive ketones (excluding diaryl/α,β-unsaturated/α-hetero) is 1. The van der Waals surface area contributed by atoms with Crippen molar-refractivity contribution >= 4 is 13.4 Å². The standard InChI is InChI=1S/C13H25O4P/c1-5-6-11-7-8-13(2,9-11)12(14)10-18(15,16-3)17-4/h11H,5-10H2,1-4H3. The predicted octanol–water partition coefficient (Wildman–Crippen LogP) is 3.65. The lowest BCUT2D eigenvalue weighted by Crippen LogP contribution is -2.28.